The molecule has 0 spiro atoms. The minimum absolute atomic E-state index is 0.172. The van der Waals surface area contributed by atoms with Gasteiger partial charge in [-0.3, -0.25) is 0 Å². The fraction of sp³-hybridized carbons (Fsp3) is 0.333. The highest BCUT2D eigenvalue weighted by atomic mass is 16.5. The zero-order valence-electron chi connectivity index (χ0n) is 12.0. The van der Waals surface area contributed by atoms with Crippen molar-refractivity contribution in [1.82, 2.24) is 0 Å². The lowest BCUT2D eigenvalue weighted by atomic mass is 9.92. The summed E-state index contributed by atoms with van der Waals surface area (Å²) in [6, 6.07) is 18.7. The van der Waals surface area contributed by atoms with Crippen molar-refractivity contribution in [3.63, 3.8) is 0 Å². The third-order valence-electron chi connectivity index (χ3n) is 4.16. The van der Waals surface area contributed by atoms with Crippen LogP contribution in [0, 0.1) is 0 Å². The molecule has 2 aromatic carbocycles. The lowest BCUT2D eigenvalue weighted by Crippen LogP contribution is -2.20. The van der Waals surface area contributed by atoms with Crippen LogP contribution < -0.4 is 4.74 Å². The fourth-order valence-electron chi connectivity index (χ4n) is 2.89. The molecular weight excluding hydrogens is 248 g/mol. The number of hydrogen-bond acceptors (Lipinski definition) is 2. The van der Waals surface area contributed by atoms with E-state index in [1.54, 1.807) is 7.11 Å². The van der Waals surface area contributed by atoms with Crippen molar-refractivity contribution in [2.24, 2.45) is 0 Å². The van der Waals surface area contributed by atoms with Crippen molar-refractivity contribution in [3.8, 4) is 5.75 Å². The van der Waals surface area contributed by atoms with Crippen molar-refractivity contribution in [3.05, 3.63) is 65.7 Å². The van der Waals surface area contributed by atoms with Gasteiger partial charge in [0.15, 0.2) is 0 Å². The van der Waals surface area contributed by atoms with Gasteiger partial charge in [0.05, 0.1) is 18.8 Å². The SMILES string of the molecule is COc1ccc(C2CC[C@](C)(c3ccccc3)O2)cc1. The summed E-state index contributed by atoms with van der Waals surface area (Å²) in [5.41, 5.74) is 2.31. The van der Waals surface area contributed by atoms with Gasteiger partial charge in [0.1, 0.15) is 5.75 Å². The maximum Gasteiger partial charge on any atom is 0.118 e. The second-order valence-electron chi connectivity index (χ2n) is 5.52. The summed E-state index contributed by atoms with van der Waals surface area (Å²) in [6.45, 7) is 2.19. The van der Waals surface area contributed by atoms with Gasteiger partial charge in [0, 0.05) is 0 Å². The maximum absolute atomic E-state index is 6.35. The fourth-order valence-corrected chi connectivity index (χ4v) is 2.89. The summed E-state index contributed by atoms with van der Waals surface area (Å²) in [4.78, 5) is 0. The smallest absolute Gasteiger partial charge is 0.118 e. The van der Waals surface area contributed by atoms with Crippen LogP contribution in [0.15, 0.2) is 54.6 Å². The van der Waals surface area contributed by atoms with Crippen LogP contribution in [0.1, 0.15) is 37.0 Å². The molecule has 0 bridgehead atoms. The Kier molecular flexibility index (Phi) is 3.49. The molecule has 0 amide bonds. The Balaban J connectivity index is 1.79. The largest absolute Gasteiger partial charge is 0.497 e. The van der Waals surface area contributed by atoms with E-state index in [9.17, 15) is 0 Å². The highest BCUT2D eigenvalue weighted by Gasteiger charge is 2.37. The molecule has 1 saturated heterocycles. The molecule has 1 unspecified atom stereocenters. The molecule has 0 N–H and O–H groups in total. The minimum atomic E-state index is -0.175. The Morgan fingerprint density at radius 1 is 1.05 bits per heavy atom. The number of ether oxygens (including phenoxy) is 2. The van der Waals surface area contributed by atoms with E-state index in [2.05, 4.69) is 43.3 Å². The zero-order valence-corrected chi connectivity index (χ0v) is 12.0. The number of benzene rings is 2. The van der Waals surface area contributed by atoms with Crippen LogP contribution >= 0.6 is 0 Å². The second-order valence-corrected chi connectivity index (χ2v) is 5.52. The van der Waals surface area contributed by atoms with Crippen LogP contribution in [-0.2, 0) is 10.3 Å². The minimum Gasteiger partial charge on any atom is -0.497 e. The van der Waals surface area contributed by atoms with E-state index >= 15 is 0 Å². The van der Waals surface area contributed by atoms with E-state index in [-0.39, 0.29) is 11.7 Å². The Labute approximate surface area is 120 Å². The molecule has 2 nitrogen and oxygen atoms in total. The summed E-state index contributed by atoms with van der Waals surface area (Å²) >= 11 is 0. The summed E-state index contributed by atoms with van der Waals surface area (Å²) in [6.07, 6.45) is 2.27. The molecule has 2 atom stereocenters. The lowest BCUT2D eigenvalue weighted by Gasteiger charge is -2.25. The van der Waals surface area contributed by atoms with Crippen LogP contribution in [0.3, 0.4) is 0 Å². The van der Waals surface area contributed by atoms with Crippen LogP contribution in [-0.4, -0.2) is 7.11 Å². The molecule has 0 aliphatic carbocycles. The molecule has 1 fully saturated rings. The van der Waals surface area contributed by atoms with Crippen LogP contribution in [0.2, 0.25) is 0 Å². The molecule has 0 aromatic heterocycles. The third-order valence-corrected chi connectivity index (χ3v) is 4.16. The van der Waals surface area contributed by atoms with E-state index in [4.69, 9.17) is 9.47 Å². The molecule has 1 aliphatic heterocycles. The first-order valence-electron chi connectivity index (χ1n) is 7.08. The third kappa shape index (κ3) is 2.44. The summed E-state index contributed by atoms with van der Waals surface area (Å²) < 4.78 is 11.6. The highest BCUT2D eigenvalue weighted by Crippen LogP contribution is 2.45. The number of methoxy groups -OCH3 is 1. The van der Waals surface area contributed by atoms with Crippen molar-refractivity contribution in [2.45, 2.75) is 31.5 Å². The van der Waals surface area contributed by atoms with Gasteiger partial charge in [-0.25, -0.2) is 0 Å². The van der Waals surface area contributed by atoms with E-state index in [1.807, 2.05) is 18.2 Å². The second kappa shape index (κ2) is 5.29. The van der Waals surface area contributed by atoms with Crippen LogP contribution in [0.4, 0.5) is 0 Å². The lowest BCUT2D eigenvalue weighted by molar-refractivity contribution is -0.0337. The average molecular weight is 268 g/mol. The maximum atomic E-state index is 6.35. The van der Waals surface area contributed by atoms with Gasteiger partial charge < -0.3 is 9.47 Å². The molecular formula is C18H20O2. The number of rotatable bonds is 3. The predicted octanol–water partition coefficient (Wildman–Crippen LogP) is 4.46. The van der Waals surface area contributed by atoms with Gasteiger partial charge in [-0.05, 0) is 43.0 Å². The van der Waals surface area contributed by atoms with Gasteiger partial charge >= 0.3 is 0 Å². The molecule has 1 aliphatic rings. The van der Waals surface area contributed by atoms with Crippen molar-refractivity contribution in [2.75, 3.05) is 7.11 Å². The van der Waals surface area contributed by atoms with E-state index in [1.165, 1.54) is 11.1 Å². The Bertz CT molecular complexity index is 562. The summed E-state index contributed by atoms with van der Waals surface area (Å²) in [7, 11) is 1.69. The topological polar surface area (TPSA) is 18.5 Å². The van der Waals surface area contributed by atoms with E-state index < -0.39 is 0 Å². The zero-order chi connectivity index (χ0) is 14.0. The summed E-state index contributed by atoms with van der Waals surface area (Å²) in [5.74, 6) is 0.887. The molecule has 20 heavy (non-hydrogen) atoms. The van der Waals surface area contributed by atoms with Crippen LogP contribution in [0.25, 0.3) is 0 Å². The molecule has 1 heterocycles. The molecule has 0 radical (unpaired) electrons. The first-order valence-corrected chi connectivity index (χ1v) is 7.08. The van der Waals surface area contributed by atoms with Gasteiger partial charge in [0.2, 0.25) is 0 Å². The first kappa shape index (κ1) is 13.2. The Hall–Kier alpha value is -1.80. The van der Waals surface area contributed by atoms with Crippen LogP contribution in [0.5, 0.6) is 5.75 Å². The standard InChI is InChI=1S/C18H20O2/c1-18(15-6-4-3-5-7-15)13-12-17(20-18)14-8-10-16(19-2)11-9-14/h3-11,17H,12-13H2,1-2H3/t17?,18-/m1/s1. The highest BCUT2D eigenvalue weighted by molar-refractivity contribution is 5.30. The van der Waals surface area contributed by atoms with E-state index in [0.717, 1.165) is 18.6 Å². The van der Waals surface area contributed by atoms with Crippen molar-refractivity contribution >= 4 is 0 Å². The molecule has 104 valence electrons. The van der Waals surface area contributed by atoms with Crippen molar-refractivity contribution < 1.29 is 9.47 Å². The molecule has 2 heteroatoms. The molecule has 0 saturated carbocycles. The Morgan fingerprint density at radius 3 is 2.40 bits per heavy atom. The first-order chi connectivity index (χ1) is 9.71. The molecule has 2 aromatic rings. The summed E-state index contributed by atoms with van der Waals surface area (Å²) in [5, 5.41) is 0. The van der Waals surface area contributed by atoms with Gasteiger partial charge in [0.25, 0.3) is 0 Å². The predicted molar refractivity (Wildman–Crippen MR) is 79.8 cm³/mol. The average Bonchev–Trinajstić information content (AvgIpc) is 2.92. The van der Waals surface area contributed by atoms with Gasteiger partial charge in [-0.1, -0.05) is 42.5 Å². The van der Waals surface area contributed by atoms with E-state index in [0.29, 0.717) is 0 Å². The monoisotopic (exact) mass is 268 g/mol. The normalized spacial score (nSPS) is 25.6. The Morgan fingerprint density at radius 2 is 1.75 bits per heavy atom. The van der Waals surface area contributed by atoms with Gasteiger partial charge in [-0.15, -0.1) is 0 Å². The van der Waals surface area contributed by atoms with Gasteiger partial charge in [-0.2, -0.15) is 0 Å². The van der Waals surface area contributed by atoms with Crippen molar-refractivity contribution in [1.29, 1.82) is 0 Å². The molecule has 3 rings (SSSR count). The quantitative estimate of drug-likeness (QED) is 0.818. The number of hydrogen-bond donors (Lipinski definition) is 0.